The molecule has 0 heterocycles. The zero-order valence-corrected chi connectivity index (χ0v) is 14.3. The van der Waals surface area contributed by atoms with Gasteiger partial charge in [0.2, 0.25) is 5.91 Å². The molecule has 20 heavy (non-hydrogen) atoms. The highest BCUT2D eigenvalue weighted by Crippen LogP contribution is 2.35. The molecule has 0 spiro atoms. The highest BCUT2D eigenvalue weighted by Gasteiger charge is 2.39. The van der Waals surface area contributed by atoms with Crippen molar-refractivity contribution in [2.45, 2.75) is 54.4 Å². The van der Waals surface area contributed by atoms with Gasteiger partial charge in [0.25, 0.3) is 0 Å². The Labute approximate surface area is 124 Å². The maximum absolute atomic E-state index is 12.5. The third-order valence-corrected chi connectivity index (χ3v) is 4.39. The van der Waals surface area contributed by atoms with Crippen LogP contribution in [0.2, 0.25) is 0 Å². The number of hydrogen-bond acceptors (Lipinski definition) is 2. The van der Waals surface area contributed by atoms with Crippen LogP contribution in [0.5, 0.6) is 0 Å². The molecule has 0 atom stereocenters. The van der Waals surface area contributed by atoms with E-state index in [1.165, 1.54) is 0 Å². The van der Waals surface area contributed by atoms with E-state index in [2.05, 4.69) is 57.9 Å². The van der Waals surface area contributed by atoms with Gasteiger partial charge in [0.15, 0.2) is 0 Å². The van der Waals surface area contributed by atoms with Gasteiger partial charge in [-0.15, -0.1) is 0 Å². The zero-order valence-electron chi connectivity index (χ0n) is 14.3. The van der Waals surface area contributed by atoms with Crippen LogP contribution in [-0.2, 0) is 4.79 Å². The van der Waals surface area contributed by atoms with Crippen LogP contribution in [0.3, 0.4) is 0 Å². The van der Waals surface area contributed by atoms with Gasteiger partial charge in [0.1, 0.15) is 0 Å². The number of rotatable bonds is 8. The van der Waals surface area contributed by atoms with Crippen LogP contribution in [0.25, 0.3) is 0 Å². The fourth-order valence-electron chi connectivity index (χ4n) is 2.21. The second kappa shape index (κ2) is 8.93. The Morgan fingerprint density at radius 2 is 1.80 bits per heavy atom. The molecular formula is C17H32N2O. The third kappa shape index (κ3) is 5.10. The molecule has 3 nitrogen and oxygen atoms in total. The van der Waals surface area contributed by atoms with Gasteiger partial charge in [-0.1, -0.05) is 47.6 Å². The number of aliphatic imine (C=N–C) groups is 1. The lowest BCUT2D eigenvalue weighted by molar-refractivity contribution is -0.135. The molecule has 0 aliphatic rings. The van der Waals surface area contributed by atoms with Gasteiger partial charge < -0.3 is 5.32 Å². The monoisotopic (exact) mass is 280 g/mol. The lowest BCUT2D eigenvalue weighted by Gasteiger charge is -2.36. The highest BCUT2D eigenvalue weighted by molar-refractivity contribution is 5.95. The summed E-state index contributed by atoms with van der Waals surface area (Å²) in [5, 5.41) is 3.07. The lowest BCUT2D eigenvalue weighted by atomic mass is 9.70. The number of nitrogens with one attached hydrogen (secondary N) is 1. The molecule has 0 bridgehead atoms. The Bertz CT molecular complexity index is 346. The zero-order chi connectivity index (χ0) is 15.8. The number of hydrogen-bond donors (Lipinski definition) is 1. The van der Waals surface area contributed by atoms with Gasteiger partial charge in [-0.05, 0) is 24.3 Å². The molecule has 0 aromatic carbocycles. The molecule has 1 amide bonds. The second-order valence-electron chi connectivity index (χ2n) is 6.12. The fraction of sp³-hybridized carbons (Fsp3) is 0.765. The minimum absolute atomic E-state index is 0.150. The van der Waals surface area contributed by atoms with Crippen LogP contribution in [0.1, 0.15) is 54.4 Å². The first-order valence-electron chi connectivity index (χ1n) is 7.71. The van der Waals surface area contributed by atoms with Crippen molar-refractivity contribution in [2.24, 2.45) is 22.2 Å². The van der Waals surface area contributed by atoms with E-state index < -0.39 is 0 Å². The topological polar surface area (TPSA) is 41.5 Å². The summed E-state index contributed by atoms with van der Waals surface area (Å²) in [6, 6.07) is 0. The average molecular weight is 280 g/mol. The number of amides is 1. The van der Waals surface area contributed by atoms with E-state index in [0.29, 0.717) is 18.4 Å². The molecule has 1 N–H and O–H groups in total. The molecule has 3 heteroatoms. The standard InChI is InChI=1S/C17H32N2O/c1-8-9-10-15(18-7)11-12-19-16(20)17(6,13(2)3)14(4)5/h9-10,13-14H,8,11-12H2,1-7H3,(H,19,20)/b10-9-,18-15?. The van der Waals surface area contributed by atoms with E-state index in [1.807, 2.05) is 6.08 Å². The van der Waals surface area contributed by atoms with Crippen molar-refractivity contribution in [3.63, 3.8) is 0 Å². The molecule has 0 aliphatic heterocycles. The normalized spacial score (nSPS) is 13.6. The minimum atomic E-state index is -0.317. The van der Waals surface area contributed by atoms with Crippen molar-refractivity contribution >= 4 is 11.6 Å². The summed E-state index contributed by atoms with van der Waals surface area (Å²) in [6.45, 7) is 13.3. The van der Waals surface area contributed by atoms with E-state index in [0.717, 1.165) is 18.6 Å². The quantitative estimate of drug-likeness (QED) is 0.674. The van der Waals surface area contributed by atoms with Gasteiger partial charge >= 0.3 is 0 Å². The molecule has 0 saturated carbocycles. The second-order valence-corrected chi connectivity index (χ2v) is 6.12. The van der Waals surface area contributed by atoms with Gasteiger partial charge in [-0.3, -0.25) is 9.79 Å². The maximum Gasteiger partial charge on any atom is 0.226 e. The molecule has 0 radical (unpaired) electrons. The summed E-state index contributed by atoms with van der Waals surface area (Å²) in [5.74, 6) is 0.793. The van der Waals surface area contributed by atoms with E-state index in [-0.39, 0.29) is 11.3 Å². The molecule has 0 unspecified atom stereocenters. The summed E-state index contributed by atoms with van der Waals surface area (Å²) >= 11 is 0. The Kier molecular flexibility index (Phi) is 8.43. The van der Waals surface area contributed by atoms with Crippen molar-refractivity contribution in [3.05, 3.63) is 12.2 Å². The Morgan fingerprint density at radius 3 is 2.20 bits per heavy atom. The smallest absolute Gasteiger partial charge is 0.226 e. The molecule has 0 aromatic rings. The van der Waals surface area contributed by atoms with Gasteiger partial charge in [-0.2, -0.15) is 0 Å². The Hall–Kier alpha value is -1.12. The van der Waals surface area contributed by atoms with Crippen LogP contribution >= 0.6 is 0 Å². The molecule has 0 fully saturated rings. The summed E-state index contributed by atoms with van der Waals surface area (Å²) < 4.78 is 0. The fourth-order valence-corrected chi connectivity index (χ4v) is 2.21. The SMILES string of the molecule is CC/C=C\C(CCNC(=O)C(C)(C(C)C)C(C)C)=NC. The van der Waals surface area contributed by atoms with Gasteiger partial charge in [-0.25, -0.2) is 0 Å². The van der Waals surface area contributed by atoms with E-state index in [4.69, 9.17) is 0 Å². The largest absolute Gasteiger partial charge is 0.355 e. The van der Waals surface area contributed by atoms with E-state index in [9.17, 15) is 4.79 Å². The average Bonchev–Trinajstić information content (AvgIpc) is 2.40. The first kappa shape index (κ1) is 18.9. The summed E-state index contributed by atoms with van der Waals surface area (Å²) in [6.07, 6.45) is 5.92. The van der Waals surface area contributed by atoms with Crippen LogP contribution in [-0.4, -0.2) is 25.2 Å². The summed E-state index contributed by atoms with van der Waals surface area (Å²) in [4.78, 5) is 16.7. The van der Waals surface area contributed by atoms with Crippen LogP contribution in [0.4, 0.5) is 0 Å². The van der Waals surface area contributed by atoms with Crippen LogP contribution < -0.4 is 5.32 Å². The third-order valence-electron chi connectivity index (χ3n) is 4.39. The number of carbonyl (C=O) groups excluding carboxylic acids is 1. The lowest BCUT2D eigenvalue weighted by Crippen LogP contribution is -2.46. The minimum Gasteiger partial charge on any atom is -0.355 e. The van der Waals surface area contributed by atoms with Crippen molar-refractivity contribution in [3.8, 4) is 0 Å². The predicted molar refractivity (Wildman–Crippen MR) is 88.2 cm³/mol. The van der Waals surface area contributed by atoms with Crippen LogP contribution in [0.15, 0.2) is 17.1 Å². The Balaban J connectivity index is 4.52. The van der Waals surface area contributed by atoms with Crippen LogP contribution in [0, 0.1) is 17.3 Å². The molecular weight excluding hydrogens is 248 g/mol. The van der Waals surface area contributed by atoms with E-state index >= 15 is 0 Å². The first-order valence-corrected chi connectivity index (χ1v) is 7.71. The highest BCUT2D eigenvalue weighted by atomic mass is 16.2. The van der Waals surface area contributed by atoms with Crippen molar-refractivity contribution < 1.29 is 4.79 Å². The summed E-state index contributed by atoms with van der Waals surface area (Å²) in [5.41, 5.74) is 0.714. The van der Waals surface area contributed by atoms with Gasteiger partial charge in [0, 0.05) is 25.7 Å². The molecule has 116 valence electrons. The number of allylic oxidation sites excluding steroid dienone is 2. The number of nitrogens with zero attached hydrogens (tertiary/aromatic N) is 1. The molecule has 0 saturated heterocycles. The molecule has 0 aliphatic carbocycles. The predicted octanol–water partition coefficient (Wildman–Crippen LogP) is 3.85. The molecule has 0 rings (SSSR count). The first-order chi connectivity index (χ1) is 9.30. The van der Waals surface area contributed by atoms with Gasteiger partial charge in [0.05, 0.1) is 5.41 Å². The van der Waals surface area contributed by atoms with Crippen molar-refractivity contribution in [2.75, 3.05) is 13.6 Å². The molecule has 0 aromatic heterocycles. The van der Waals surface area contributed by atoms with E-state index in [1.54, 1.807) is 7.05 Å². The summed E-state index contributed by atoms with van der Waals surface area (Å²) in [7, 11) is 1.80. The van der Waals surface area contributed by atoms with Crippen molar-refractivity contribution in [1.29, 1.82) is 0 Å². The van der Waals surface area contributed by atoms with Crippen molar-refractivity contribution in [1.82, 2.24) is 5.32 Å². The Morgan fingerprint density at radius 1 is 1.25 bits per heavy atom. The maximum atomic E-state index is 12.5. The number of carbonyl (C=O) groups is 1.